The van der Waals surface area contributed by atoms with E-state index in [9.17, 15) is 13.2 Å². The van der Waals surface area contributed by atoms with Crippen LogP contribution in [0.1, 0.15) is 34.6 Å². The monoisotopic (exact) mass is 437 g/mol. The van der Waals surface area contributed by atoms with Gasteiger partial charge in [-0.2, -0.15) is 18.3 Å². The molecule has 0 atom stereocenters. The van der Waals surface area contributed by atoms with E-state index in [-0.39, 0.29) is 6.54 Å². The molecule has 0 saturated heterocycles. The lowest BCUT2D eigenvalue weighted by Crippen LogP contribution is -2.36. The molecule has 3 aromatic rings. The summed E-state index contributed by atoms with van der Waals surface area (Å²) in [4.78, 5) is 12.5. The van der Waals surface area contributed by atoms with Gasteiger partial charge in [0.2, 0.25) is 0 Å². The number of pyridine rings is 1. The number of aliphatic imine (C=N–C) groups is 1. The Labute approximate surface area is 176 Å². The first kappa shape index (κ1) is 21.8. The summed E-state index contributed by atoms with van der Waals surface area (Å²) in [5.74, 6) is 1.21. The van der Waals surface area contributed by atoms with E-state index in [0.717, 1.165) is 39.5 Å². The fourth-order valence-electron chi connectivity index (χ4n) is 2.69. The van der Waals surface area contributed by atoms with Gasteiger partial charge in [0, 0.05) is 23.8 Å². The van der Waals surface area contributed by atoms with Gasteiger partial charge in [-0.25, -0.2) is 19.6 Å². The number of halogens is 3. The Bertz CT molecular complexity index is 1010. The average molecular weight is 437 g/mol. The number of hydrogen-bond donors (Lipinski definition) is 2. The average Bonchev–Trinajstić information content (AvgIpc) is 3.30. The Kier molecular flexibility index (Phi) is 6.70. The lowest BCUT2D eigenvalue weighted by atomic mass is 10.3. The molecule has 11 heteroatoms. The molecule has 160 valence electrons. The van der Waals surface area contributed by atoms with E-state index < -0.39 is 11.9 Å². The molecule has 30 heavy (non-hydrogen) atoms. The fourth-order valence-corrected chi connectivity index (χ4v) is 3.43. The molecule has 0 saturated carbocycles. The number of hydrogen-bond acceptors (Lipinski definition) is 5. The van der Waals surface area contributed by atoms with Crippen LogP contribution >= 0.6 is 11.3 Å². The molecule has 3 aromatic heterocycles. The van der Waals surface area contributed by atoms with Crippen LogP contribution in [0.5, 0.6) is 0 Å². The summed E-state index contributed by atoms with van der Waals surface area (Å²) in [6.07, 6.45) is -2.70. The van der Waals surface area contributed by atoms with Crippen LogP contribution in [-0.4, -0.2) is 32.3 Å². The lowest BCUT2D eigenvalue weighted by Gasteiger charge is -2.10. The Hall–Kier alpha value is -2.95. The molecule has 0 fully saturated rings. The summed E-state index contributed by atoms with van der Waals surface area (Å²) in [5.41, 5.74) is 1.94. The van der Waals surface area contributed by atoms with Crippen molar-refractivity contribution in [2.45, 2.75) is 40.0 Å². The zero-order valence-electron chi connectivity index (χ0n) is 16.8. The van der Waals surface area contributed by atoms with Crippen LogP contribution in [0.4, 0.5) is 13.2 Å². The maximum Gasteiger partial charge on any atom is 0.434 e. The molecule has 0 aliphatic heterocycles. The number of alkyl halides is 3. The van der Waals surface area contributed by atoms with Gasteiger partial charge in [-0.1, -0.05) is 6.07 Å². The van der Waals surface area contributed by atoms with E-state index in [1.54, 1.807) is 10.9 Å². The highest BCUT2D eigenvalue weighted by Gasteiger charge is 2.33. The third-order valence-corrected chi connectivity index (χ3v) is 4.90. The minimum Gasteiger partial charge on any atom is -0.357 e. The van der Waals surface area contributed by atoms with Crippen molar-refractivity contribution >= 4 is 17.3 Å². The van der Waals surface area contributed by atoms with Crippen LogP contribution in [0.15, 0.2) is 34.8 Å². The quantitative estimate of drug-likeness (QED) is 0.455. The van der Waals surface area contributed by atoms with Crippen molar-refractivity contribution in [1.82, 2.24) is 30.4 Å². The zero-order chi connectivity index (χ0) is 21.7. The minimum absolute atomic E-state index is 0.154. The van der Waals surface area contributed by atoms with Crippen molar-refractivity contribution in [3.05, 3.63) is 57.4 Å². The molecule has 7 nitrogen and oxygen atoms in total. The van der Waals surface area contributed by atoms with Gasteiger partial charge < -0.3 is 10.6 Å². The van der Waals surface area contributed by atoms with Crippen LogP contribution in [0, 0.1) is 13.8 Å². The summed E-state index contributed by atoms with van der Waals surface area (Å²) in [6.45, 7) is 6.94. The van der Waals surface area contributed by atoms with Crippen molar-refractivity contribution < 1.29 is 13.2 Å². The van der Waals surface area contributed by atoms with Gasteiger partial charge in [0.05, 0.1) is 18.8 Å². The highest BCUT2D eigenvalue weighted by molar-refractivity contribution is 7.09. The molecule has 0 unspecified atom stereocenters. The first-order chi connectivity index (χ1) is 14.3. The van der Waals surface area contributed by atoms with Crippen LogP contribution < -0.4 is 10.6 Å². The maximum absolute atomic E-state index is 12.7. The molecule has 0 aliphatic rings. The minimum atomic E-state index is -4.43. The summed E-state index contributed by atoms with van der Waals surface area (Å²) in [6, 6.07) is 5.77. The fraction of sp³-hybridized carbons (Fsp3) is 0.368. The van der Waals surface area contributed by atoms with E-state index in [4.69, 9.17) is 0 Å². The Morgan fingerprint density at radius 3 is 2.60 bits per heavy atom. The SMILES string of the molecule is CCNC(=NCc1ccc(-n2nc(C)cc2C)nc1)NCc1nc(C(F)(F)F)cs1. The summed E-state index contributed by atoms with van der Waals surface area (Å²) < 4.78 is 39.8. The largest absolute Gasteiger partial charge is 0.434 e. The molecular weight excluding hydrogens is 415 g/mol. The number of thiazole rings is 1. The Morgan fingerprint density at radius 2 is 2.03 bits per heavy atom. The van der Waals surface area contributed by atoms with Crippen LogP contribution in [0.2, 0.25) is 0 Å². The van der Waals surface area contributed by atoms with Crippen molar-refractivity contribution in [2.75, 3.05) is 6.54 Å². The predicted molar refractivity (Wildman–Crippen MR) is 110 cm³/mol. The van der Waals surface area contributed by atoms with Crippen LogP contribution in [0.3, 0.4) is 0 Å². The van der Waals surface area contributed by atoms with E-state index in [1.165, 1.54) is 0 Å². The molecule has 0 amide bonds. The molecule has 3 rings (SSSR count). The van der Waals surface area contributed by atoms with Crippen molar-refractivity contribution in [2.24, 2.45) is 4.99 Å². The number of nitrogens with one attached hydrogen (secondary N) is 2. The smallest absolute Gasteiger partial charge is 0.357 e. The standard InChI is InChI=1S/C19H22F3N7S/c1-4-23-18(26-10-17-27-15(11-30-17)19(20,21)22)25-9-14-5-6-16(24-8-14)29-13(3)7-12(2)28-29/h5-8,11H,4,9-10H2,1-3H3,(H2,23,25,26). The van der Waals surface area contributed by atoms with Crippen molar-refractivity contribution in [1.29, 1.82) is 0 Å². The second-order valence-corrected chi connectivity index (χ2v) is 7.48. The number of guanidine groups is 1. The van der Waals surface area contributed by atoms with Gasteiger partial charge >= 0.3 is 6.18 Å². The first-order valence-electron chi connectivity index (χ1n) is 9.28. The van der Waals surface area contributed by atoms with E-state index in [1.807, 2.05) is 39.0 Å². The lowest BCUT2D eigenvalue weighted by molar-refractivity contribution is -0.140. The van der Waals surface area contributed by atoms with E-state index in [2.05, 4.69) is 30.7 Å². The molecule has 3 heterocycles. The molecule has 2 N–H and O–H groups in total. The van der Waals surface area contributed by atoms with E-state index in [0.29, 0.717) is 24.1 Å². The van der Waals surface area contributed by atoms with Gasteiger partial charge in [-0.05, 0) is 38.5 Å². The second kappa shape index (κ2) is 9.24. The third kappa shape index (κ3) is 5.56. The van der Waals surface area contributed by atoms with Gasteiger partial charge in [0.25, 0.3) is 0 Å². The first-order valence-corrected chi connectivity index (χ1v) is 10.2. The van der Waals surface area contributed by atoms with Crippen molar-refractivity contribution in [3.8, 4) is 5.82 Å². The normalized spacial score (nSPS) is 12.3. The molecular formula is C19H22F3N7S. The van der Waals surface area contributed by atoms with E-state index >= 15 is 0 Å². The predicted octanol–water partition coefficient (Wildman–Crippen LogP) is 3.61. The zero-order valence-corrected chi connectivity index (χ0v) is 17.6. The summed E-state index contributed by atoms with van der Waals surface area (Å²) in [7, 11) is 0. The highest BCUT2D eigenvalue weighted by Crippen LogP contribution is 2.29. The topological polar surface area (TPSA) is 80.0 Å². The van der Waals surface area contributed by atoms with Gasteiger partial charge in [-0.3, -0.25) is 0 Å². The Balaban J connectivity index is 1.63. The molecule has 0 aliphatic carbocycles. The summed E-state index contributed by atoms with van der Waals surface area (Å²) >= 11 is 0.959. The molecule has 0 spiro atoms. The van der Waals surface area contributed by atoms with Gasteiger partial charge in [0.1, 0.15) is 5.01 Å². The van der Waals surface area contributed by atoms with Gasteiger partial charge in [0.15, 0.2) is 17.5 Å². The molecule has 0 bridgehead atoms. The maximum atomic E-state index is 12.7. The molecule has 0 aromatic carbocycles. The van der Waals surface area contributed by atoms with Gasteiger partial charge in [-0.15, -0.1) is 11.3 Å². The Morgan fingerprint density at radius 1 is 1.23 bits per heavy atom. The van der Waals surface area contributed by atoms with Crippen LogP contribution in [-0.2, 0) is 19.3 Å². The highest BCUT2D eigenvalue weighted by atomic mass is 32.1. The summed E-state index contributed by atoms with van der Waals surface area (Å²) in [5, 5.41) is 11.8. The van der Waals surface area contributed by atoms with Crippen molar-refractivity contribution in [3.63, 3.8) is 0 Å². The third-order valence-electron chi connectivity index (χ3n) is 4.05. The second-order valence-electron chi connectivity index (χ2n) is 6.54. The number of aromatic nitrogens is 4. The number of rotatable bonds is 6. The van der Waals surface area contributed by atoms with Crippen LogP contribution in [0.25, 0.3) is 5.82 Å². The number of nitrogens with zero attached hydrogens (tertiary/aromatic N) is 5. The molecule has 0 radical (unpaired) electrons. The number of aryl methyl sites for hydroxylation is 2.